The zero-order chi connectivity index (χ0) is 16.2. The van der Waals surface area contributed by atoms with Gasteiger partial charge in [-0.2, -0.15) is 5.10 Å². The van der Waals surface area contributed by atoms with Gasteiger partial charge in [-0.25, -0.2) is 4.68 Å². The van der Waals surface area contributed by atoms with Crippen LogP contribution in [0.3, 0.4) is 0 Å². The van der Waals surface area contributed by atoms with Gasteiger partial charge >= 0.3 is 0 Å². The van der Waals surface area contributed by atoms with Crippen molar-refractivity contribution < 1.29 is 4.79 Å². The number of rotatable bonds is 4. The van der Waals surface area contributed by atoms with Gasteiger partial charge in [0.05, 0.1) is 18.3 Å². The molecule has 1 heterocycles. The fraction of sp³-hybridized carbons (Fsp3) is 0.0588. The van der Waals surface area contributed by atoms with Crippen molar-refractivity contribution in [2.24, 2.45) is 0 Å². The zero-order valence-corrected chi connectivity index (χ0v) is 15.0. The van der Waals surface area contributed by atoms with Gasteiger partial charge < -0.3 is 5.32 Å². The molecule has 0 aliphatic carbocycles. The molecule has 6 heteroatoms. The Labute approximate surface area is 152 Å². The standard InChI is InChI=1S/C17H13ClIN3O/c18-14-7-3-1-5-12(14)11-22-16(9-10-20-22)21-17(23)13-6-2-4-8-15(13)19/h1-10H,11H2,(H,21,23). The number of anilines is 1. The molecule has 2 aromatic carbocycles. The summed E-state index contributed by atoms with van der Waals surface area (Å²) < 4.78 is 2.62. The summed E-state index contributed by atoms with van der Waals surface area (Å²) in [6.07, 6.45) is 1.66. The average Bonchev–Trinajstić information content (AvgIpc) is 2.97. The van der Waals surface area contributed by atoms with Crippen molar-refractivity contribution in [2.45, 2.75) is 6.54 Å². The summed E-state index contributed by atoms with van der Waals surface area (Å²) in [6.45, 7) is 0.494. The summed E-state index contributed by atoms with van der Waals surface area (Å²) >= 11 is 8.33. The molecule has 0 bridgehead atoms. The number of amides is 1. The first kappa shape index (κ1) is 16.0. The van der Waals surface area contributed by atoms with Crippen LogP contribution in [-0.4, -0.2) is 15.7 Å². The van der Waals surface area contributed by atoms with E-state index in [2.05, 4.69) is 33.0 Å². The minimum Gasteiger partial charge on any atom is -0.307 e. The van der Waals surface area contributed by atoms with Gasteiger partial charge in [0.2, 0.25) is 0 Å². The van der Waals surface area contributed by atoms with E-state index >= 15 is 0 Å². The van der Waals surface area contributed by atoms with E-state index in [4.69, 9.17) is 11.6 Å². The lowest BCUT2D eigenvalue weighted by Crippen LogP contribution is -2.17. The molecule has 0 saturated heterocycles. The van der Waals surface area contributed by atoms with Crippen LogP contribution in [-0.2, 0) is 6.54 Å². The maximum Gasteiger partial charge on any atom is 0.257 e. The minimum atomic E-state index is -0.157. The lowest BCUT2D eigenvalue weighted by molar-refractivity contribution is 0.102. The Hall–Kier alpha value is -1.86. The van der Waals surface area contributed by atoms with Crippen LogP contribution in [0.1, 0.15) is 15.9 Å². The van der Waals surface area contributed by atoms with Crippen LogP contribution in [0.15, 0.2) is 60.8 Å². The summed E-state index contributed by atoms with van der Waals surface area (Å²) in [5.41, 5.74) is 1.58. The smallest absolute Gasteiger partial charge is 0.257 e. The van der Waals surface area contributed by atoms with Crippen molar-refractivity contribution >= 4 is 45.9 Å². The molecule has 0 fully saturated rings. The third-order valence-electron chi connectivity index (χ3n) is 3.35. The van der Waals surface area contributed by atoms with E-state index in [1.54, 1.807) is 23.0 Å². The third-order valence-corrected chi connectivity index (χ3v) is 4.66. The highest BCUT2D eigenvalue weighted by Crippen LogP contribution is 2.19. The van der Waals surface area contributed by atoms with Crippen molar-refractivity contribution in [1.29, 1.82) is 0 Å². The molecule has 3 rings (SSSR count). The predicted octanol–water partition coefficient (Wildman–Crippen LogP) is 4.44. The summed E-state index contributed by atoms with van der Waals surface area (Å²) in [6, 6.07) is 16.8. The van der Waals surface area contributed by atoms with Crippen molar-refractivity contribution in [3.05, 3.63) is 80.5 Å². The molecule has 116 valence electrons. The number of carbonyl (C=O) groups is 1. The van der Waals surface area contributed by atoms with Crippen molar-refractivity contribution in [3.8, 4) is 0 Å². The van der Waals surface area contributed by atoms with Crippen LogP contribution < -0.4 is 5.32 Å². The Kier molecular flexibility index (Phi) is 4.97. The number of hydrogen-bond acceptors (Lipinski definition) is 2. The van der Waals surface area contributed by atoms with Gasteiger partial charge in [0, 0.05) is 14.7 Å². The van der Waals surface area contributed by atoms with E-state index in [-0.39, 0.29) is 5.91 Å². The molecule has 0 unspecified atom stereocenters. The topological polar surface area (TPSA) is 46.9 Å². The average molecular weight is 438 g/mol. The largest absolute Gasteiger partial charge is 0.307 e. The number of nitrogens with one attached hydrogen (secondary N) is 1. The van der Waals surface area contributed by atoms with E-state index in [0.717, 1.165) is 9.13 Å². The van der Waals surface area contributed by atoms with Crippen molar-refractivity contribution in [2.75, 3.05) is 5.32 Å². The molecule has 0 saturated carbocycles. The van der Waals surface area contributed by atoms with E-state index in [1.165, 1.54) is 0 Å². The second-order valence-electron chi connectivity index (χ2n) is 4.90. The van der Waals surface area contributed by atoms with Crippen LogP contribution in [0.5, 0.6) is 0 Å². The van der Waals surface area contributed by atoms with Gasteiger partial charge in [0.25, 0.3) is 5.91 Å². The first-order valence-corrected chi connectivity index (χ1v) is 8.42. The Balaban J connectivity index is 1.80. The number of carbonyl (C=O) groups excluding carboxylic acids is 1. The van der Waals surface area contributed by atoms with E-state index < -0.39 is 0 Å². The normalized spacial score (nSPS) is 10.5. The Morgan fingerprint density at radius 1 is 1.13 bits per heavy atom. The molecule has 0 radical (unpaired) electrons. The summed E-state index contributed by atoms with van der Waals surface area (Å²) in [4.78, 5) is 12.4. The summed E-state index contributed by atoms with van der Waals surface area (Å²) in [5.74, 6) is 0.477. The van der Waals surface area contributed by atoms with Gasteiger partial charge in [0.15, 0.2) is 0 Å². The van der Waals surface area contributed by atoms with E-state index in [0.29, 0.717) is 22.9 Å². The molecular formula is C17H13ClIN3O. The number of hydrogen-bond donors (Lipinski definition) is 1. The quantitative estimate of drug-likeness (QED) is 0.613. The second kappa shape index (κ2) is 7.14. The lowest BCUT2D eigenvalue weighted by atomic mass is 10.2. The number of halogens is 2. The Morgan fingerprint density at radius 2 is 1.87 bits per heavy atom. The predicted molar refractivity (Wildman–Crippen MR) is 99.9 cm³/mol. The first-order valence-electron chi connectivity index (χ1n) is 6.96. The molecule has 1 N–H and O–H groups in total. The van der Waals surface area contributed by atoms with Gasteiger partial charge in [-0.1, -0.05) is 41.9 Å². The second-order valence-corrected chi connectivity index (χ2v) is 6.47. The molecule has 0 aliphatic rings. The Morgan fingerprint density at radius 3 is 2.65 bits per heavy atom. The molecule has 1 amide bonds. The number of aromatic nitrogens is 2. The molecule has 4 nitrogen and oxygen atoms in total. The van der Waals surface area contributed by atoms with Crippen LogP contribution in [0, 0.1) is 3.57 Å². The maximum absolute atomic E-state index is 12.4. The molecule has 1 aromatic heterocycles. The SMILES string of the molecule is O=C(Nc1ccnn1Cc1ccccc1Cl)c1ccccc1I. The maximum atomic E-state index is 12.4. The number of benzene rings is 2. The lowest BCUT2D eigenvalue weighted by Gasteiger charge is -2.11. The van der Waals surface area contributed by atoms with E-state index in [9.17, 15) is 4.79 Å². The van der Waals surface area contributed by atoms with Crippen molar-refractivity contribution in [3.63, 3.8) is 0 Å². The molecule has 0 aliphatic heterocycles. The van der Waals surface area contributed by atoms with Crippen LogP contribution in [0.4, 0.5) is 5.82 Å². The van der Waals surface area contributed by atoms with Gasteiger partial charge in [-0.05, 0) is 46.4 Å². The summed E-state index contributed by atoms with van der Waals surface area (Å²) in [5, 5.41) is 7.84. The van der Waals surface area contributed by atoms with Gasteiger partial charge in [0.1, 0.15) is 5.82 Å². The summed E-state index contributed by atoms with van der Waals surface area (Å²) in [7, 11) is 0. The third kappa shape index (κ3) is 3.73. The zero-order valence-electron chi connectivity index (χ0n) is 12.0. The molecular weight excluding hydrogens is 425 g/mol. The van der Waals surface area contributed by atoms with Gasteiger partial charge in [-0.3, -0.25) is 4.79 Å². The van der Waals surface area contributed by atoms with Crippen molar-refractivity contribution in [1.82, 2.24) is 9.78 Å². The van der Waals surface area contributed by atoms with Gasteiger partial charge in [-0.15, -0.1) is 0 Å². The highest BCUT2D eigenvalue weighted by molar-refractivity contribution is 14.1. The molecule has 23 heavy (non-hydrogen) atoms. The van der Waals surface area contributed by atoms with Crippen LogP contribution in [0.2, 0.25) is 5.02 Å². The molecule has 0 spiro atoms. The Bertz CT molecular complexity index is 847. The number of nitrogens with zero attached hydrogens (tertiary/aromatic N) is 2. The fourth-order valence-electron chi connectivity index (χ4n) is 2.18. The minimum absolute atomic E-state index is 0.157. The highest BCUT2D eigenvalue weighted by atomic mass is 127. The van der Waals surface area contributed by atoms with E-state index in [1.807, 2.05) is 42.5 Å². The highest BCUT2D eigenvalue weighted by Gasteiger charge is 2.12. The van der Waals surface area contributed by atoms with Crippen LogP contribution in [0.25, 0.3) is 0 Å². The molecule has 3 aromatic rings. The fourth-order valence-corrected chi connectivity index (χ4v) is 3.01. The molecule has 0 atom stereocenters. The van der Waals surface area contributed by atoms with Crippen LogP contribution >= 0.6 is 34.2 Å². The monoisotopic (exact) mass is 437 g/mol. The first-order chi connectivity index (χ1) is 11.1.